The summed E-state index contributed by atoms with van der Waals surface area (Å²) in [7, 11) is 2.20. The second-order valence-electron chi connectivity index (χ2n) is 7.69. The van der Waals surface area contributed by atoms with Gasteiger partial charge in [0.25, 0.3) is 0 Å². The van der Waals surface area contributed by atoms with Gasteiger partial charge in [-0.05, 0) is 45.1 Å². The lowest BCUT2D eigenvalue weighted by Crippen LogP contribution is -2.54. The third-order valence-electron chi connectivity index (χ3n) is 5.93. The van der Waals surface area contributed by atoms with E-state index >= 15 is 0 Å². The van der Waals surface area contributed by atoms with Crippen LogP contribution >= 0.6 is 0 Å². The third-order valence-corrected chi connectivity index (χ3v) is 5.93. The number of likely N-dealkylation sites (tertiary alicyclic amines) is 1. The number of benzene rings is 1. The molecule has 0 spiro atoms. The van der Waals surface area contributed by atoms with Crippen molar-refractivity contribution in [1.29, 1.82) is 0 Å². The van der Waals surface area contributed by atoms with Crippen molar-refractivity contribution in [3.8, 4) is 0 Å². The first-order chi connectivity index (χ1) is 13.2. The van der Waals surface area contributed by atoms with Crippen LogP contribution in [0.2, 0.25) is 0 Å². The number of rotatable bonds is 4. The Balaban J connectivity index is 1.28. The van der Waals surface area contributed by atoms with Crippen LogP contribution in [0.25, 0.3) is 10.9 Å². The smallest absolute Gasteiger partial charge is 0.241 e. The van der Waals surface area contributed by atoms with Crippen LogP contribution in [-0.2, 0) is 4.79 Å². The van der Waals surface area contributed by atoms with Gasteiger partial charge in [0.05, 0.1) is 17.7 Å². The second kappa shape index (κ2) is 8.23. The number of aromatic nitrogens is 1. The van der Waals surface area contributed by atoms with Crippen LogP contribution in [-0.4, -0.2) is 84.5 Å². The highest BCUT2D eigenvalue weighted by molar-refractivity contribution is 5.92. The minimum absolute atomic E-state index is 0.172. The number of nitrogens with zero attached hydrogens (tertiary/aromatic N) is 4. The minimum atomic E-state index is 0.172. The maximum Gasteiger partial charge on any atom is 0.241 e. The number of anilines is 1. The van der Waals surface area contributed by atoms with E-state index in [-0.39, 0.29) is 5.91 Å². The molecule has 0 bridgehead atoms. The number of nitrogens with one attached hydrogen (secondary N) is 1. The molecule has 1 aromatic heterocycles. The molecule has 6 heteroatoms. The molecule has 2 aliphatic rings. The molecule has 0 unspecified atom stereocenters. The van der Waals surface area contributed by atoms with Crippen molar-refractivity contribution in [2.75, 3.05) is 58.2 Å². The van der Waals surface area contributed by atoms with Crippen LogP contribution in [0.4, 0.5) is 5.69 Å². The number of piperazine rings is 1. The Labute approximate surface area is 161 Å². The third kappa shape index (κ3) is 4.22. The molecule has 1 N–H and O–H groups in total. The van der Waals surface area contributed by atoms with E-state index in [1.54, 1.807) is 6.20 Å². The first kappa shape index (κ1) is 18.2. The molecule has 1 amide bonds. The summed E-state index contributed by atoms with van der Waals surface area (Å²) < 4.78 is 0. The molecular formula is C21H29N5O. The molecule has 2 saturated heterocycles. The summed E-state index contributed by atoms with van der Waals surface area (Å²) in [6.07, 6.45) is 4.29. The number of piperidine rings is 1. The maximum absolute atomic E-state index is 12.7. The van der Waals surface area contributed by atoms with Gasteiger partial charge in [0.15, 0.2) is 0 Å². The molecule has 0 aliphatic carbocycles. The van der Waals surface area contributed by atoms with E-state index in [9.17, 15) is 4.79 Å². The SMILES string of the molecule is CN1CCC(N2CCN(C(=O)CNc3cccc4cccnc34)CC2)CC1. The van der Waals surface area contributed by atoms with E-state index in [0.29, 0.717) is 12.6 Å². The van der Waals surface area contributed by atoms with Gasteiger partial charge in [-0.2, -0.15) is 0 Å². The molecule has 2 aromatic rings. The number of carbonyl (C=O) groups excluding carboxylic acids is 1. The summed E-state index contributed by atoms with van der Waals surface area (Å²) in [6, 6.07) is 10.7. The number of pyridine rings is 1. The van der Waals surface area contributed by atoms with Gasteiger partial charge < -0.3 is 15.1 Å². The van der Waals surface area contributed by atoms with Gasteiger partial charge in [0.1, 0.15) is 0 Å². The molecule has 0 atom stereocenters. The van der Waals surface area contributed by atoms with Gasteiger partial charge in [0.2, 0.25) is 5.91 Å². The van der Waals surface area contributed by atoms with Gasteiger partial charge in [0, 0.05) is 43.8 Å². The number of fused-ring (bicyclic) bond motifs is 1. The van der Waals surface area contributed by atoms with Crippen LogP contribution in [0.1, 0.15) is 12.8 Å². The van der Waals surface area contributed by atoms with Crippen LogP contribution in [0.5, 0.6) is 0 Å². The van der Waals surface area contributed by atoms with Gasteiger partial charge in [-0.1, -0.05) is 18.2 Å². The van der Waals surface area contributed by atoms with Crippen LogP contribution in [0, 0.1) is 0 Å². The number of carbonyl (C=O) groups is 1. The molecule has 0 radical (unpaired) electrons. The standard InChI is InChI=1S/C21H29N5O/c1-24-10-7-18(8-11-24)25-12-14-26(15-13-25)20(27)16-23-19-6-2-4-17-5-3-9-22-21(17)19/h2-6,9,18,23H,7-8,10-16H2,1H3. The number of hydrogen-bond donors (Lipinski definition) is 1. The van der Waals surface area contributed by atoms with Gasteiger partial charge in [-0.3, -0.25) is 14.7 Å². The lowest BCUT2D eigenvalue weighted by atomic mass is 10.0. The molecule has 2 fully saturated rings. The highest BCUT2D eigenvalue weighted by atomic mass is 16.2. The topological polar surface area (TPSA) is 51.7 Å². The van der Waals surface area contributed by atoms with E-state index in [1.807, 2.05) is 35.2 Å². The summed E-state index contributed by atoms with van der Waals surface area (Å²) >= 11 is 0. The molecule has 1 aromatic carbocycles. The Morgan fingerprint density at radius 1 is 1.07 bits per heavy atom. The zero-order valence-corrected chi connectivity index (χ0v) is 16.1. The van der Waals surface area contributed by atoms with Gasteiger partial charge in [-0.25, -0.2) is 0 Å². The predicted molar refractivity (Wildman–Crippen MR) is 109 cm³/mol. The summed E-state index contributed by atoms with van der Waals surface area (Å²) in [5.74, 6) is 0.172. The number of para-hydroxylation sites is 1. The van der Waals surface area contributed by atoms with Crippen molar-refractivity contribution in [2.24, 2.45) is 0 Å². The van der Waals surface area contributed by atoms with Crippen molar-refractivity contribution >= 4 is 22.5 Å². The highest BCUT2D eigenvalue weighted by Gasteiger charge is 2.27. The fourth-order valence-corrected chi connectivity index (χ4v) is 4.23. The minimum Gasteiger partial charge on any atom is -0.374 e. The van der Waals surface area contributed by atoms with E-state index < -0.39 is 0 Å². The Morgan fingerprint density at radius 3 is 2.59 bits per heavy atom. The Bertz CT molecular complexity index is 774. The summed E-state index contributed by atoms with van der Waals surface area (Å²) in [5, 5.41) is 4.38. The lowest BCUT2D eigenvalue weighted by Gasteiger charge is -2.42. The summed E-state index contributed by atoms with van der Waals surface area (Å²) in [6.45, 7) is 6.36. The summed E-state index contributed by atoms with van der Waals surface area (Å²) in [5.41, 5.74) is 1.84. The van der Waals surface area contributed by atoms with Crippen LogP contribution in [0.15, 0.2) is 36.5 Å². The van der Waals surface area contributed by atoms with Crippen molar-refractivity contribution in [3.05, 3.63) is 36.5 Å². The van der Waals surface area contributed by atoms with Crippen LogP contribution in [0.3, 0.4) is 0 Å². The monoisotopic (exact) mass is 367 g/mol. The van der Waals surface area contributed by atoms with E-state index in [4.69, 9.17) is 0 Å². The van der Waals surface area contributed by atoms with Crippen molar-refractivity contribution < 1.29 is 4.79 Å². The average molecular weight is 367 g/mol. The van der Waals surface area contributed by atoms with Gasteiger partial charge in [-0.15, -0.1) is 0 Å². The molecule has 3 heterocycles. The average Bonchev–Trinajstić information content (AvgIpc) is 2.72. The maximum atomic E-state index is 12.7. The molecular weight excluding hydrogens is 338 g/mol. The molecule has 2 aliphatic heterocycles. The quantitative estimate of drug-likeness (QED) is 0.894. The Morgan fingerprint density at radius 2 is 1.81 bits per heavy atom. The number of hydrogen-bond acceptors (Lipinski definition) is 5. The van der Waals surface area contributed by atoms with Crippen molar-refractivity contribution in [2.45, 2.75) is 18.9 Å². The normalized spacial score (nSPS) is 20.1. The fraction of sp³-hybridized carbons (Fsp3) is 0.524. The Hall–Kier alpha value is -2.18. The first-order valence-electron chi connectivity index (χ1n) is 9.99. The van der Waals surface area contributed by atoms with Crippen molar-refractivity contribution in [1.82, 2.24) is 19.7 Å². The van der Waals surface area contributed by atoms with E-state index in [1.165, 1.54) is 25.9 Å². The number of amides is 1. The molecule has 0 saturated carbocycles. The van der Waals surface area contributed by atoms with E-state index in [0.717, 1.165) is 42.8 Å². The first-order valence-corrected chi connectivity index (χ1v) is 9.99. The Kier molecular flexibility index (Phi) is 5.55. The zero-order chi connectivity index (χ0) is 18.6. The second-order valence-corrected chi connectivity index (χ2v) is 7.69. The molecule has 4 rings (SSSR count). The lowest BCUT2D eigenvalue weighted by molar-refractivity contribution is -0.131. The molecule has 27 heavy (non-hydrogen) atoms. The highest BCUT2D eigenvalue weighted by Crippen LogP contribution is 2.21. The van der Waals surface area contributed by atoms with Crippen LogP contribution < -0.4 is 5.32 Å². The van der Waals surface area contributed by atoms with Gasteiger partial charge >= 0.3 is 0 Å². The van der Waals surface area contributed by atoms with E-state index in [2.05, 4.69) is 27.1 Å². The predicted octanol–water partition coefficient (Wildman–Crippen LogP) is 1.89. The summed E-state index contributed by atoms with van der Waals surface area (Å²) in [4.78, 5) is 24.1. The zero-order valence-electron chi connectivity index (χ0n) is 16.1. The van der Waals surface area contributed by atoms with Crippen molar-refractivity contribution in [3.63, 3.8) is 0 Å². The molecule has 144 valence electrons. The molecule has 6 nitrogen and oxygen atoms in total. The fourth-order valence-electron chi connectivity index (χ4n) is 4.23. The largest absolute Gasteiger partial charge is 0.374 e.